The van der Waals surface area contributed by atoms with Gasteiger partial charge in [0.2, 0.25) is 10.0 Å². The van der Waals surface area contributed by atoms with Crippen LogP contribution in [0.15, 0.2) is 0 Å². The first-order chi connectivity index (χ1) is 7.41. The van der Waals surface area contributed by atoms with E-state index in [0.717, 1.165) is 0 Å². The standard InChI is InChI=1S/C10H20N2O3S/c1-5-9(2)12(6-7-15-4)16(13,14)10(3)8-11/h9-10H,5-7H2,1-4H3. The van der Waals surface area contributed by atoms with Gasteiger partial charge in [-0.2, -0.15) is 9.57 Å². The van der Waals surface area contributed by atoms with Crippen LogP contribution >= 0.6 is 0 Å². The Morgan fingerprint density at radius 2 is 2.00 bits per heavy atom. The Hall–Kier alpha value is -0.640. The van der Waals surface area contributed by atoms with Gasteiger partial charge >= 0.3 is 0 Å². The highest BCUT2D eigenvalue weighted by atomic mass is 32.2. The highest BCUT2D eigenvalue weighted by molar-refractivity contribution is 7.90. The van der Waals surface area contributed by atoms with Crippen LogP contribution in [0.4, 0.5) is 0 Å². The van der Waals surface area contributed by atoms with E-state index in [4.69, 9.17) is 10.00 Å². The zero-order chi connectivity index (χ0) is 12.8. The predicted molar refractivity (Wildman–Crippen MR) is 62.3 cm³/mol. The Morgan fingerprint density at radius 3 is 2.38 bits per heavy atom. The Bertz CT molecular complexity index is 334. The molecule has 0 aromatic carbocycles. The minimum atomic E-state index is -3.54. The van der Waals surface area contributed by atoms with Crippen molar-refractivity contribution in [1.82, 2.24) is 4.31 Å². The van der Waals surface area contributed by atoms with E-state index in [1.807, 2.05) is 13.8 Å². The van der Waals surface area contributed by atoms with E-state index in [-0.39, 0.29) is 6.04 Å². The number of nitriles is 1. The summed E-state index contributed by atoms with van der Waals surface area (Å²) in [6, 6.07) is 1.66. The molecule has 0 bridgehead atoms. The first-order valence-electron chi connectivity index (χ1n) is 5.31. The van der Waals surface area contributed by atoms with Crippen LogP contribution in [0.5, 0.6) is 0 Å². The fraction of sp³-hybridized carbons (Fsp3) is 0.900. The first kappa shape index (κ1) is 15.4. The molecule has 5 nitrogen and oxygen atoms in total. The molecule has 6 heteroatoms. The van der Waals surface area contributed by atoms with Crippen LogP contribution in [0.2, 0.25) is 0 Å². The monoisotopic (exact) mass is 248 g/mol. The van der Waals surface area contributed by atoms with Crippen LogP contribution in [-0.4, -0.2) is 44.3 Å². The molecule has 16 heavy (non-hydrogen) atoms. The molecule has 94 valence electrons. The molecule has 0 fully saturated rings. The molecule has 2 atom stereocenters. The van der Waals surface area contributed by atoms with Crippen molar-refractivity contribution in [2.45, 2.75) is 38.5 Å². The van der Waals surface area contributed by atoms with Gasteiger partial charge in [0.05, 0.1) is 12.7 Å². The average molecular weight is 248 g/mol. The number of hydrogen-bond acceptors (Lipinski definition) is 4. The number of nitrogens with zero attached hydrogens (tertiary/aromatic N) is 2. The van der Waals surface area contributed by atoms with Crippen molar-refractivity contribution < 1.29 is 13.2 Å². The molecule has 0 aliphatic rings. The van der Waals surface area contributed by atoms with E-state index >= 15 is 0 Å². The number of hydrogen-bond donors (Lipinski definition) is 0. The van der Waals surface area contributed by atoms with Gasteiger partial charge in [0.25, 0.3) is 0 Å². The van der Waals surface area contributed by atoms with Crippen molar-refractivity contribution in [2.75, 3.05) is 20.3 Å². The molecule has 2 unspecified atom stereocenters. The van der Waals surface area contributed by atoms with Crippen molar-refractivity contribution in [3.8, 4) is 6.07 Å². The molecular weight excluding hydrogens is 228 g/mol. The molecule has 0 heterocycles. The van der Waals surface area contributed by atoms with E-state index < -0.39 is 15.3 Å². The molecule has 0 N–H and O–H groups in total. The van der Waals surface area contributed by atoms with E-state index in [1.165, 1.54) is 18.3 Å². The molecule has 0 saturated carbocycles. The fourth-order valence-electron chi connectivity index (χ4n) is 1.25. The van der Waals surface area contributed by atoms with Gasteiger partial charge in [-0.3, -0.25) is 0 Å². The number of rotatable bonds is 7. The lowest BCUT2D eigenvalue weighted by Crippen LogP contribution is -2.44. The van der Waals surface area contributed by atoms with Crippen LogP contribution in [0, 0.1) is 11.3 Å². The maximum Gasteiger partial charge on any atom is 0.230 e. The lowest BCUT2D eigenvalue weighted by Gasteiger charge is -2.28. The number of methoxy groups -OCH3 is 1. The summed E-state index contributed by atoms with van der Waals surface area (Å²) in [6.45, 7) is 5.77. The SMILES string of the molecule is CCC(C)N(CCOC)S(=O)(=O)C(C)C#N. The molecule has 0 radical (unpaired) electrons. The normalized spacial score (nSPS) is 15.8. The van der Waals surface area contributed by atoms with Crippen molar-refractivity contribution in [1.29, 1.82) is 5.26 Å². The van der Waals surface area contributed by atoms with Gasteiger partial charge in [-0.15, -0.1) is 0 Å². The van der Waals surface area contributed by atoms with E-state index in [0.29, 0.717) is 19.6 Å². The summed E-state index contributed by atoms with van der Waals surface area (Å²) in [7, 11) is -2.02. The zero-order valence-corrected chi connectivity index (χ0v) is 11.1. The van der Waals surface area contributed by atoms with Gasteiger partial charge in [-0.05, 0) is 20.3 Å². The van der Waals surface area contributed by atoms with Crippen LogP contribution in [-0.2, 0) is 14.8 Å². The second kappa shape index (κ2) is 6.84. The zero-order valence-electron chi connectivity index (χ0n) is 10.3. The summed E-state index contributed by atoms with van der Waals surface area (Å²) in [6.07, 6.45) is 0.709. The van der Waals surface area contributed by atoms with Gasteiger partial charge in [0.1, 0.15) is 0 Å². The third-order valence-corrected chi connectivity index (χ3v) is 4.75. The number of sulfonamides is 1. The highest BCUT2D eigenvalue weighted by Gasteiger charge is 2.31. The van der Waals surface area contributed by atoms with E-state index in [9.17, 15) is 8.42 Å². The summed E-state index contributed by atoms with van der Waals surface area (Å²) in [4.78, 5) is 0. The van der Waals surface area contributed by atoms with Crippen LogP contribution < -0.4 is 0 Å². The molecule has 0 rings (SSSR count). The molecule has 0 aliphatic heterocycles. The second-order valence-corrected chi connectivity index (χ2v) is 5.88. The molecular formula is C10H20N2O3S. The maximum absolute atomic E-state index is 12.0. The van der Waals surface area contributed by atoms with Crippen LogP contribution in [0.25, 0.3) is 0 Å². The van der Waals surface area contributed by atoms with Crippen molar-refractivity contribution in [3.63, 3.8) is 0 Å². The topological polar surface area (TPSA) is 70.4 Å². The van der Waals surface area contributed by atoms with Crippen LogP contribution in [0.1, 0.15) is 27.2 Å². The first-order valence-corrected chi connectivity index (χ1v) is 6.81. The van der Waals surface area contributed by atoms with Crippen molar-refractivity contribution in [2.24, 2.45) is 0 Å². The molecule has 0 aromatic heterocycles. The lowest BCUT2D eigenvalue weighted by molar-refractivity contribution is 0.167. The molecule has 0 aromatic rings. The largest absolute Gasteiger partial charge is 0.383 e. The summed E-state index contributed by atoms with van der Waals surface area (Å²) >= 11 is 0. The summed E-state index contributed by atoms with van der Waals surface area (Å²) in [5, 5.41) is 7.70. The minimum Gasteiger partial charge on any atom is -0.383 e. The van der Waals surface area contributed by atoms with Gasteiger partial charge in [0, 0.05) is 19.7 Å². The number of ether oxygens (including phenoxy) is 1. The quantitative estimate of drug-likeness (QED) is 0.673. The van der Waals surface area contributed by atoms with E-state index in [2.05, 4.69) is 0 Å². The van der Waals surface area contributed by atoms with Gasteiger partial charge < -0.3 is 4.74 Å². The smallest absolute Gasteiger partial charge is 0.230 e. The van der Waals surface area contributed by atoms with Gasteiger partial charge in [-0.25, -0.2) is 8.42 Å². The Balaban J connectivity index is 4.96. The minimum absolute atomic E-state index is 0.115. The van der Waals surface area contributed by atoms with Crippen LogP contribution in [0.3, 0.4) is 0 Å². The van der Waals surface area contributed by atoms with E-state index in [1.54, 1.807) is 6.07 Å². The van der Waals surface area contributed by atoms with Gasteiger partial charge in [-0.1, -0.05) is 6.92 Å². The highest BCUT2D eigenvalue weighted by Crippen LogP contribution is 2.14. The molecule has 0 spiro atoms. The maximum atomic E-state index is 12.0. The summed E-state index contributed by atoms with van der Waals surface area (Å²) in [5.41, 5.74) is 0. The van der Waals surface area contributed by atoms with Gasteiger partial charge in [0.15, 0.2) is 5.25 Å². The molecule has 0 amide bonds. The third kappa shape index (κ3) is 3.74. The molecule has 0 aliphatic carbocycles. The Kier molecular flexibility index (Phi) is 6.56. The summed E-state index contributed by atoms with van der Waals surface area (Å²) < 4.78 is 30.3. The third-order valence-electron chi connectivity index (χ3n) is 2.55. The van der Waals surface area contributed by atoms with Crippen molar-refractivity contribution in [3.05, 3.63) is 0 Å². The van der Waals surface area contributed by atoms with Crippen molar-refractivity contribution >= 4 is 10.0 Å². The lowest BCUT2D eigenvalue weighted by atomic mass is 10.3. The summed E-state index contributed by atoms with van der Waals surface area (Å²) in [5.74, 6) is 0. The Morgan fingerprint density at radius 1 is 1.44 bits per heavy atom. The average Bonchev–Trinajstić information content (AvgIpc) is 2.27. The second-order valence-electron chi connectivity index (χ2n) is 3.68. The predicted octanol–water partition coefficient (Wildman–Crippen LogP) is 0.975. The fourth-order valence-corrected chi connectivity index (χ4v) is 2.77. The Labute approximate surface area is 98.1 Å². The molecule has 0 saturated heterocycles.